The summed E-state index contributed by atoms with van der Waals surface area (Å²) in [7, 11) is 0. The molecule has 2 aliphatic carbocycles. The minimum absolute atomic E-state index is 0.00461. The number of allylic oxidation sites excluding steroid dienone is 2. The third-order valence-corrected chi connectivity index (χ3v) is 5.90. The number of likely N-dealkylation sites (tertiary alicyclic amines) is 1. The van der Waals surface area contributed by atoms with Crippen molar-refractivity contribution in [2.45, 2.75) is 13.3 Å². The third kappa shape index (κ3) is 1.57. The van der Waals surface area contributed by atoms with Gasteiger partial charge >= 0.3 is 6.03 Å². The van der Waals surface area contributed by atoms with Gasteiger partial charge in [-0.05, 0) is 29.6 Å². The molecule has 1 saturated heterocycles. The lowest BCUT2D eigenvalue weighted by atomic mass is 9.72. The number of nitrogens with one attached hydrogen (secondary N) is 1. The van der Waals surface area contributed by atoms with E-state index in [4.69, 9.17) is 0 Å². The fourth-order valence-electron chi connectivity index (χ4n) is 4.18. The lowest BCUT2D eigenvalue weighted by molar-refractivity contribution is 0.203. The summed E-state index contributed by atoms with van der Waals surface area (Å²) in [6.07, 6.45) is 7.73. The van der Waals surface area contributed by atoms with E-state index in [9.17, 15) is 4.79 Å². The molecule has 100 valence electrons. The topological polar surface area (TPSA) is 45.2 Å². The molecular formula is C14H17N3OS. The summed E-state index contributed by atoms with van der Waals surface area (Å²) in [6.45, 7) is 4.11. The van der Waals surface area contributed by atoms with Gasteiger partial charge in [-0.2, -0.15) is 0 Å². The molecular weight excluding hydrogens is 258 g/mol. The van der Waals surface area contributed by atoms with Crippen LogP contribution in [0.2, 0.25) is 0 Å². The monoisotopic (exact) mass is 275 g/mol. The van der Waals surface area contributed by atoms with Crippen molar-refractivity contribution in [2.75, 3.05) is 18.4 Å². The number of urea groups is 1. The average Bonchev–Trinajstić information content (AvgIpc) is 3.08. The Morgan fingerprint density at radius 1 is 1.58 bits per heavy atom. The number of amides is 2. The zero-order valence-corrected chi connectivity index (χ0v) is 11.7. The molecule has 1 aliphatic heterocycles. The molecule has 1 aromatic rings. The number of anilines is 1. The van der Waals surface area contributed by atoms with Crippen LogP contribution in [0.25, 0.3) is 0 Å². The molecule has 4 rings (SSSR count). The minimum atomic E-state index is 0.00461. The number of aromatic nitrogens is 1. The van der Waals surface area contributed by atoms with Crippen molar-refractivity contribution in [3.05, 3.63) is 23.7 Å². The van der Waals surface area contributed by atoms with E-state index in [-0.39, 0.29) is 6.03 Å². The van der Waals surface area contributed by atoms with E-state index in [1.165, 1.54) is 17.8 Å². The van der Waals surface area contributed by atoms with Gasteiger partial charge < -0.3 is 4.90 Å². The van der Waals surface area contributed by atoms with Crippen LogP contribution in [0, 0.1) is 23.2 Å². The molecule has 2 bridgehead atoms. The average molecular weight is 275 g/mol. The second-order valence-electron chi connectivity index (χ2n) is 6.15. The van der Waals surface area contributed by atoms with E-state index in [2.05, 4.69) is 29.4 Å². The van der Waals surface area contributed by atoms with Crippen LogP contribution in [-0.4, -0.2) is 29.0 Å². The molecule has 1 N–H and O–H groups in total. The van der Waals surface area contributed by atoms with E-state index < -0.39 is 0 Å². The Kier molecular flexibility index (Phi) is 2.31. The molecule has 1 aromatic heterocycles. The molecule has 4 atom stereocenters. The van der Waals surface area contributed by atoms with Crippen molar-refractivity contribution in [1.29, 1.82) is 0 Å². The second-order valence-corrected chi connectivity index (χ2v) is 7.05. The predicted octanol–water partition coefficient (Wildman–Crippen LogP) is 2.82. The van der Waals surface area contributed by atoms with Crippen LogP contribution in [0.15, 0.2) is 23.7 Å². The van der Waals surface area contributed by atoms with Gasteiger partial charge in [0.2, 0.25) is 0 Å². The van der Waals surface area contributed by atoms with Crippen LogP contribution in [-0.2, 0) is 0 Å². The fourth-order valence-corrected chi connectivity index (χ4v) is 4.70. The summed E-state index contributed by atoms with van der Waals surface area (Å²) in [5.74, 6) is 2.00. The smallest absolute Gasteiger partial charge is 0.323 e. The predicted molar refractivity (Wildman–Crippen MR) is 75.0 cm³/mol. The number of carbonyl (C=O) groups excluding carboxylic acids is 1. The van der Waals surface area contributed by atoms with Gasteiger partial charge in [0, 0.05) is 24.7 Å². The molecule has 5 heteroatoms. The summed E-state index contributed by atoms with van der Waals surface area (Å²) in [5, 5.41) is 5.46. The van der Waals surface area contributed by atoms with Crippen molar-refractivity contribution in [3.63, 3.8) is 0 Å². The first kappa shape index (κ1) is 11.5. The molecule has 0 spiro atoms. The molecule has 2 amide bonds. The number of rotatable bonds is 1. The van der Waals surface area contributed by atoms with Crippen molar-refractivity contribution in [2.24, 2.45) is 23.2 Å². The molecule has 0 aromatic carbocycles. The van der Waals surface area contributed by atoms with Crippen molar-refractivity contribution < 1.29 is 4.79 Å². The van der Waals surface area contributed by atoms with Crippen molar-refractivity contribution in [3.8, 4) is 0 Å². The lowest BCUT2D eigenvalue weighted by Crippen LogP contribution is -2.36. The number of hydrogen-bond acceptors (Lipinski definition) is 3. The highest BCUT2D eigenvalue weighted by Gasteiger charge is 2.58. The zero-order valence-electron chi connectivity index (χ0n) is 10.9. The molecule has 3 aliphatic rings. The summed E-state index contributed by atoms with van der Waals surface area (Å²) in [6, 6.07) is 0.00461. The zero-order chi connectivity index (χ0) is 13.0. The Hall–Kier alpha value is -1.36. The van der Waals surface area contributed by atoms with Gasteiger partial charge in [0.1, 0.15) is 0 Å². The van der Waals surface area contributed by atoms with Crippen LogP contribution >= 0.6 is 11.3 Å². The molecule has 2 fully saturated rings. The van der Waals surface area contributed by atoms with Crippen LogP contribution in [0.1, 0.15) is 13.3 Å². The van der Waals surface area contributed by atoms with Gasteiger partial charge in [0.15, 0.2) is 5.13 Å². The van der Waals surface area contributed by atoms with E-state index in [0.29, 0.717) is 28.3 Å². The third-order valence-electron chi connectivity index (χ3n) is 5.21. The van der Waals surface area contributed by atoms with Gasteiger partial charge in [0.05, 0.1) is 0 Å². The Balaban J connectivity index is 1.50. The maximum absolute atomic E-state index is 12.3. The van der Waals surface area contributed by atoms with Crippen LogP contribution in [0.4, 0.5) is 9.93 Å². The highest BCUT2D eigenvalue weighted by atomic mass is 32.1. The van der Waals surface area contributed by atoms with Gasteiger partial charge in [-0.15, -0.1) is 11.3 Å². The first-order valence-electron chi connectivity index (χ1n) is 6.80. The molecule has 4 nitrogen and oxygen atoms in total. The van der Waals surface area contributed by atoms with Crippen molar-refractivity contribution >= 4 is 22.5 Å². The molecule has 19 heavy (non-hydrogen) atoms. The molecule has 1 saturated carbocycles. The number of carbonyl (C=O) groups is 1. The Morgan fingerprint density at radius 2 is 2.47 bits per heavy atom. The van der Waals surface area contributed by atoms with Gasteiger partial charge in [0.25, 0.3) is 0 Å². The largest absolute Gasteiger partial charge is 0.324 e. The quantitative estimate of drug-likeness (QED) is 0.801. The van der Waals surface area contributed by atoms with Crippen molar-refractivity contribution in [1.82, 2.24) is 9.88 Å². The van der Waals surface area contributed by atoms with Gasteiger partial charge in [-0.3, -0.25) is 5.32 Å². The summed E-state index contributed by atoms with van der Waals surface area (Å²) >= 11 is 1.46. The fraction of sp³-hybridized carbons (Fsp3) is 0.571. The molecule has 2 heterocycles. The van der Waals surface area contributed by atoms with E-state index in [1.807, 2.05) is 10.3 Å². The Morgan fingerprint density at radius 3 is 3.21 bits per heavy atom. The minimum Gasteiger partial charge on any atom is -0.324 e. The first-order chi connectivity index (χ1) is 9.17. The molecule has 0 unspecified atom stereocenters. The standard InChI is InChI=1S/C14H17N3OS/c1-14-8-17(13(18)16-12-15-4-5-19-12)7-11(14)9-2-3-10(14)6-9/h2-5,9-11H,6-8H2,1H3,(H,15,16,18)/t9-,10+,11-,14+/m0/s1. The summed E-state index contributed by atoms with van der Waals surface area (Å²) in [4.78, 5) is 18.4. The first-order valence-corrected chi connectivity index (χ1v) is 7.68. The van der Waals surface area contributed by atoms with Gasteiger partial charge in [-0.25, -0.2) is 9.78 Å². The summed E-state index contributed by atoms with van der Waals surface area (Å²) in [5.41, 5.74) is 0.291. The van der Waals surface area contributed by atoms with Crippen LogP contribution < -0.4 is 5.32 Å². The number of hydrogen-bond donors (Lipinski definition) is 1. The van der Waals surface area contributed by atoms with E-state index >= 15 is 0 Å². The van der Waals surface area contributed by atoms with Crippen LogP contribution in [0.5, 0.6) is 0 Å². The highest BCUT2D eigenvalue weighted by molar-refractivity contribution is 7.13. The SMILES string of the molecule is C[C@]12CN(C(=O)Nc3nccs3)C[C@H]1[C@H]1C=C[C@@H]2C1. The maximum Gasteiger partial charge on any atom is 0.323 e. The number of nitrogens with zero attached hydrogens (tertiary/aromatic N) is 2. The normalized spacial score (nSPS) is 38.8. The number of thiazole rings is 1. The Bertz CT molecular complexity index is 541. The highest BCUT2D eigenvalue weighted by Crippen LogP contribution is 2.59. The second kappa shape index (κ2) is 3.82. The summed E-state index contributed by atoms with van der Waals surface area (Å²) < 4.78 is 0. The lowest BCUT2D eigenvalue weighted by Gasteiger charge is -2.31. The van der Waals surface area contributed by atoms with E-state index in [1.54, 1.807) is 6.20 Å². The molecule has 0 radical (unpaired) electrons. The van der Waals surface area contributed by atoms with Crippen LogP contribution in [0.3, 0.4) is 0 Å². The van der Waals surface area contributed by atoms with Gasteiger partial charge in [-0.1, -0.05) is 19.1 Å². The van der Waals surface area contributed by atoms with E-state index in [0.717, 1.165) is 13.1 Å². The maximum atomic E-state index is 12.3. The Labute approximate surface area is 116 Å². The number of fused-ring (bicyclic) bond motifs is 5.